The van der Waals surface area contributed by atoms with Gasteiger partial charge in [-0.25, -0.2) is 14.4 Å². The highest BCUT2D eigenvalue weighted by Gasteiger charge is 2.32. The van der Waals surface area contributed by atoms with Crippen LogP contribution in [0.15, 0.2) is 30.5 Å². The van der Waals surface area contributed by atoms with Crippen LogP contribution in [0, 0.1) is 18.7 Å². The van der Waals surface area contributed by atoms with Crippen LogP contribution in [0.2, 0.25) is 0 Å². The van der Waals surface area contributed by atoms with E-state index < -0.39 is 0 Å². The zero-order chi connectivity index (χ0) is 22.5. The molecule has 6 nitrogen and oxygen atoms in total. The molecule has 170 valence electrons. The van der Waals surface area contributed by atoms with Gasteiger partial charge in [-0.2, -0.15) is 0 Å². The highest BCUT2D eigenvalue weighted by molar-refractivity contribution is 5.94. The molecule has 2 aromatic rings. The van der Waals surface area contributed by atoms with Crippen LogP contribution < -0.4 is 5.32 Å². The van der Waals surface area contributed by atoms with Gasteiger partial charge in [0.05, 0.1) is 17.3 Å². The molecule has 1 aromatic carbocycles. The average molecular weight is 439 g/mol. The highest BCUT2D eigenvalue weighted by Crippen LogP contribution is 2.33. The summed E-state index contributed by atoms with van der Waals surface area (Å²) in [6.07, 6.45) is 9.86. The molecule has 4 rings (SSSR count). The lowest BCUT2D eigenvalue weighted by Gasteiger charge is -2.35. The van der Waals surface area contributed by atoms with E-state index in [1.807, 2.05) is 4.90 Å². The highest BCUT2D eigenvalue weighted by atomic mass is 19.1. The lowest BCUT2D eigenvalue weighted by atomic mass is 9.97. The minimum atomic E-state index is -0.307. The first-order chi connectivity index (χ1) is 15.5. The second kappa shape index (κ2) is 10.2. The molecular weight excluding hydrogens is 407 g/mol. The number of hydrogen-bond donors (Lipinski definition) is 1. The van der Waals surface area contributed by atoms with E-state index >= 15 is 0 Å². The molecule has 0 radical (unpaired) electrons. The molecule has 2 aliphatic rings. The monoisotopic (exact) mass is 438 g/mol. The number of nitrogens with one attached hydrogen (secondary N) is 1. The molecular formula is C25H31FN4O2. The summed E-state index contributed by atoms with van der Waals surface area (Å²) in [5.74, 6) is 0.774. The third-order valence-corrected chi connectivity index (χ3v) is 6.67. The van der Waals surface area contributed by atoms with E-state index in [4.69, 9.17) is 0 Å². The molecule has 1 aromatic heterocycles. The van der Waals surface area contributed by atoms with Crippen molar-refractivity contribution >= 4 is 11.8 Å². The van der Waals surface area contributed by atoms with E-state index in [0.717, 1.165) is 44.2 Å². The Hall–Kier alpha value is -2.83. The van der Waals surface area contributed by atoms with E-state index in [1.54, 1.807) is 25.3 Å². The fourth-order valence-electron chi connectivity index (χ4n) is 4.83. The molecule has 1 saturated heterocycles. The number of aromatic nitrogens is 2. The maximum Gasteiger partial charge on any atom is 0.254 e. The van der Waals surface area contributed by atoms with Crippen molar-refractivity contribution in [1.29, 1.82) is 0 Å². The second-order valence-corrected chi connectivity index (χ2v) is 8.99. The van der Waals surface area contributed by atoms with Crippen molar-refractivity contribution in [3.05, 3.63) is 58.9 Å². The van der Waals surface area contributed by atoms with Gasteiger partial charge in [0.25, 0.3) is 5.91 Å². The number of benzene rings is 1. The van der Waals surface area contributed by atoms with Gasteiger partial charge in [0.1, 0.15) is 5.82 Å². The molecule has 1 N–H and O–H groups in total. The van der Waals surface area contributed by atoms with Crippen molar-refractivity contribution in [2.24, 2.45) is 5.92 Å². The van der Waals surface area contributed by atoms with Crippen molar-refractivity contribution < 1.29 is 14.0 Å². The van der Waals surface area contributed by atoms with E-state index in [9.17, 15) is 14.0 Å². The van der Waals surface area contributed by atoms with Crippen molar-refractivity contribution in [2.75, 3.05) is 6.54 Å². The van der Waals surface area contributed by atoms with Crippen molar-refractivity contribution in [1.82, 2.24) is 20.2 Å². The number of piperidine rings is 1. The number of halogens is 1. The van der Waals surface area contributed by atoms with Crippen LogP contribution >= 0.6 is 0 Å². The third-order valence-electron chi connectivity index (χ3n) is 6.67. The molecule has 2 fully saturated rings. The van der Waals surface area contributed by atoms with Crippen LogP contribution in [0.25, 0.3) is 0 Å². The fraction of sp³-hybridized carbons (Fsp3) is 0.520. The van der Waals surface area contributed by atoms with Crippen LogP contribution in [-0.2, 0) is 11.3 Å². The smallest absolute Gasteiger partial charge is 0.254 e. The van der Waals surface area contributed by atoms with Gasteiger partial charge in [-0.05, 0) is 62.6 Å². The quantitative estimate of drug-likeness (QED) is 0.721. The predicted molar refractivity (Wildman–Crippen MR) is 119 cm³/mol. The topological polar surface area (TPSA) is 75.2 Å². The minimum absolute atomic E-state index is 0.118. The van der Waals surface area contributed by atoms with E-state index in [1.165, 1.54) is 25.0 Å². The zero-order valence-corrected chi connectivity index (χ0v) is 18.6. The molecule has 1 atom stereocenters. The van der Waals surface area contributed by atoms with Gasteiger partial charge in [-0.15, -0.1) is 0 Å². The SMILES string of the molecule is Cc1nc([C@H]2CCCCN2C(=O)CC2CCCC2)ncc1C(=O)NCc1ccc(F)cc1. The summed E-state index contributed by atoms with van der Waals surface area (Å²) in [5.41, 5.74) is 1.82. The second-order valence-electron chi connectivity index (χ2n) is 8.99. The normalized spacial score (nSPS) is 19.2. The summed E-state index contributed by atoms with van der Waals surface area (Å²) in [6, 6.07) is 5.90. The summed E-state index contributed by atoms with van der Waals surface area (Å²) in [6.45, 7) is 2.84. The van der Waals surface area contributed by atoms with E-state index in [2.05, 4.69) is 15.3 Å². The van der Waals surface area contributed by atoms with Crippen molar-refractivity contribution in [2.45, 2.75) is 70.9 Å². The minimum Gasteiger partial charge on any atom is -0.348 e. The molecule has 1 aliphatic heterocycles. The van der Waals surface area contributed by atoms with Gasteiger partial charge in [0.2, 0.25) is 5.91 Å². The number of rotatable bonds is 6. The Balaban J connectivity index is 1.42. The molecule has 7 heteroatoms. The molecule has 0 spiro atoms. The zero-order valence-electron chi connectivity index (χ0n) is 18.6. The Bertz CT molecular complexity index is 957. The first-order valence-corrected chi connectivity index (χ1v) is 11.7. The maximum absolute atomic E-state index is 13.0. The number of aryl methyl sites for hydroxylation is 1. The summed E-state index contributed by atoms with van der Waals surface area (Å²) in [4.78, 5) is 36.7. The third kappa shape index (κ3) is 5.31. The van der Waals surface area contributed by atoms with Crippen LogP contribution in [0.3, 0.4) is 0 Å². The van der Waals surface area contributed by atoms with Gasteiger partial charge in [-0.1, -0.05) is 25.0 Å². The Morgan fingerprint density at radius 1 is 1.09 bits per heavy atom. The first kappa shape index (κ1) is 22.4. The Morgan fingerprint density at radius 2 is 1.81 bits per heavy atom. The van der Waals surface area contributed by atoms with Crippen LogP contribution in [0.1, 0.15) is 84.8 Å². The summed E-state index contributed by atoms with van der Waals surface area (Å²) >= 11 is 0. The van der Waals surface area contributed by atoms with Crippen LogP contribution in [0.4, 0.5) is 4.39 Å². The summed E-state index contributed by atoms with van der Waals surface area (Å²) < 4.78 is 13.0. The molecule has 0 unspecified atom stereocenters. The number of nitrogens with zero attached hydrogens (tertiary/aromatic N) is 3. The van der Waals surface area contributed by atoms with Crippen molar-refractivity contribution in [3.63, 3.8) is 0 Å². The Labute approximate surface area is 188 Å². The van der Waals surface area contributed by atoms with Crippen LogP contribution in [0.5, 0.6) is 0 Å². The largest absolute Gasteiger partial charge is 0.348 e. The van der Waals surface area contributed by atoms with Gasteiger partial charge in [0.15, 0.2) is 5.82 Å². The van der Waals surface area contributed by atoms with Gasteiger partial charge < -0.3 is 10.2 Å². The van der Waals surface area contributed by atoms with Crippen LogP contribution in [-0.4, -0.2) is 33.2 Å². The van der Waals surface area contributed by atoms with E-state index in [0.29, 0.717) is 36.0 Å². The molecule has 2 heterocycles. The lowest BCUT2D eigenvalue weighted by Crippen LogP contribution is -2.40. The molecule has 1 aliphatic carbocycles. The number of hydrogen-bond acceptors (Lipinski definition) is 4. The maximum atomic E-state index is 13.0. The molecule has 32 heavy (non-hydrogen) atoms. The number of carbonyl (C=O) groups is 2. The number of carbonyl (C=O) groups excluding carboxylic acids is 2. The Kier molecular flexibility index (Phi) is 7.12. The lowest BCUT2D eigenvalue weighted by molar-refractivity contribution is -0.136. The predicted octanol–water partition coefficient (Wildman–Crippen LogP) is 4.49. The summed E-state index contributed by atoms with van der Waals surface area (Å²) in [7, 11) is 0. The van der Waals surface area contributed by atoms with Gasteiger partial charge in [0, 0.05) is 25.7 Å². The molecule has 2 amide bonds. The van der Waals surface area contributed by atoms with E-state index in [-0.39, 0.29) is 23.7 Å². The van der Waals surface area contributed by atoms with Gasteiger partial charge >= 0.3 is 0 Å². The number of amides is 2. The van der Waals surface area contributed by atoms with Crippen molar-refractivity contribution in [3.8, 4) is 0 Å². The summed E-state index contributed by atoms with van der Waals surface area (Å²) in [5, 5.41) is 2.84. The Morgan fingerprint density at radius 3 is 2.53 bits per heavy atom. The number of likely N-dealkylation sites (tertiary alicyclic amines) is 1. The first-order valence-electron chi connectivity index (χ1n) is 11.7. The average Bonchev–Trinajstić information content (AvgIpc) is 3.31. The standard InChI is InChI=1S/C25H31FN4O2/c1-17-21(25(32)28-15-19-9-11-20(26)12-10-19)16-27-24(29-17)22-8-4-5-13-30(22)23(31)14-18-6-2-3-7-18/h9-12,16,18,22H,2-8,13-15H2,1H3,(H,28,32)/t22-/m1/s1. The van der Waals surface area contributed by atoms with Gasteiger partial charge in [-0.3, -0.25) is 9.59 Å². The fourth-order valence-corrected chi connectivity index (χ4v) is 4.83. The molecule has 1 saturated carbocycles. The molecule has 0 bridgehead atoms.